The first-order valence-electron chi connectivity index (χ1n) is 6.52. The van der Waals surface area contributed by atoms with Gasteiger partial charge < -0.3 is 5.11 Å². The van der Waals surface area contributed by atoms with Crippen LogP contribution in [0.3, 0.4) is 0 Å². The highest BCUT2D eigenvalue weighted by Gasteiger charge is 2.18. The quantitative estimate of drug-likeness (QED) is 0.890. The molecule has 0 saturated heterocycles. The monoisotopic (exact) mass is 289 g/mol. The number of carbonyl (C=O) groups is 1. The Morgan fingerprint density at radius 3 is 2.10 bits per heavy atom. The summed E-state index contributed by atoms with van der Waals surface area (Å²) >= 11 is 1.03. The zero-order valence-corrected chi connectivity index (χ0v) is 13.3. The Morgan fingerprint density at radius 2 is 1.70 bits per heavy atom. The SMILES string of the molecule is Cc1cc(C(C)(C)C)cc(C)c1-c1cc(C(=O)O)sn1. The zero-order chi connectivity index (χ0) is 15.1. The summed E-state index contributed by atoms with van der Waals surface area (Å²) in [4.78, 5) is 11.2. The maximum absolute atomic E-state index is 11.0. The minimum atomic E-state index is -0.921. The summed E-state index contributed by atoms with van der Waals surface area (Å²) in [5.74, 6) is -0.921. The van der Waals surface area contributed by atoms with Gasteiger partial charge in [-0.05, 0) is 53.6 Å². The van der Waals surface area contributed by atoms with E-state index in [2.05, 4.69) is 51.1 Å². The first-order chi connectivity index (χ1) is 9.20. The van der Waals surface area contributed by atoms with Gasteiger partial charge in [-0.25, -0.2) is 4.79 Å². The van der Waals surface area contributed by atoms with Crippen molar-refractivity contribution in [3.63, 3.8) is 0 Å². The van der Waals surface area contributed by atoms with Crippen molar-refractivity contribution in [2.24, 2.45) is 0 Å². The number of nitrogens with zero attached hydrogens (tertiary/aromatic N) is 1. The normalized spacial score (nSPS) is 11.7. The Hall–Kier alpha value is -1.68. The van der Waals surface area contributed by atoms with Crippen LogP contribution in [0.25, 0.3) is 11.3 Å². The molecule has 1 heterocycles. The molecule has 0 aliphatic heterocycles. The average molecular weight is 289 g/mol. The van der Waals surface area contributed by atoms with Crippen LogP contribution in [0.2, 0.25) is 0 Å². The lowest BCUT2D eigenvalue weighted by Crippen LogP contribution is -2.12. The number of aromatic nitrogens is 1. The van der Waals surface area contributed by atoms with Crippen molar-refractivity contribution in [3.05, 3.63) is 39.8 Å². The van der Waals surface area contributed by atoms with Crippen LogP contribution in [0, 0.1) is 13.8 Å². The molecule has 0 saturated carbocycles. The summed E-state index contributed by atoms with van der Waals surface area (Å²) in [5, 5.41) is 9.00. The second kappa shape index (κ2) is 5.02. The molecule has 0 fully saturated rings. The van der Waals surface area contributed by atoms with Crippen molar-refractivity contribution in [2.75, 3.05) is 0 Å². The fraction of sp³-hybridized carbons (Fsp3) is 0.375. The van der Waals surface area contributed by atoms with E-state index in [1.807, 2.05) is 0 Å². The minimum absolute atomic E-state index is 0.0996. The van der Waals surface area contributed by atoms with Crippen molar-refractivity contribution in [1.82, 2.24) is 4.37 Å². The summed E-state index contributed by atoms with van der Waals surface area (Å²) in [5.41, 5.74) is 5.45. The summed E-state index contributed by atoms with van der Waals surface area (Å²) in [6.45, 7) is 10.7. The van der Waals surface area contributed by atoms with E-state index < -0.39 is 5.97 Å². The molecule has 20 heavy (non-hydrogen) atoms. The molecule has 1 aromatic carbocycles. The van der Waals surface area contributed by atoms with Gasteiger partial charge in [0.1, 0.15) is 4.88 Å². The van der Waals surface area contributed by atoms with Gasteiger partial charge in [0.2, 0.25) is 0 Å². The van der Waals surface area contributed by atoms with Crippen molar-refractivity contribution >= 4 is 17.5 Å². The molecule has 0 bridgehead atoms. The Balaban J connectivity index is 2.55. The number of aryl methyl sites for hydroxylation is 2. The number of aromatic carboxylic acids is 1. The van der Waals surface area contributed by atoms with E-state index in [1.165, 1.54) is 5.56 Å². The van der Waals surface area contributed by atoms with Crippen LogP contribution in [0.1, 0.15) is 47.1 Å². The van der Waals surface area contributed by atoms with Gasteiger partial charge in [0.05, 0.1) is 5.69 Å². The summed E-state index contributed by atoms with van der Waals surface area (Å²) in [6, 6.07) is 5.99. The standard InChI is InChI=1S/C16H19NO2S/c1-9-6-11(16(3,4)5)7-10(2)14(9)12-8-13(15(18)19)20-17-12/h6-8H,1-5H3,(H,18,19). The first-order valence-corrected chi connectivity index (χ1v) is 7.29. The lowest BCUT2D eigenvalue weighted by Gasteiger charge is -2.22. The Kier molecular flexibility index (Phi) is 3.69. The molecular weight excluding hydrogens is 270 g/mol. The molecule has 0 atom stereocenters. The molecule has 2 rings (SSSR count). The number of carboxylic acid groups (broad SMARTS) is 1. The molecule has 1 N–H and O–H groups in total. The largest absolute Gasteiger partial charge is 0.477 e. The molecule has 106 valence electrons. The van der Waals surface area contributed by atoms with Gasteiger partial charge in [0.25, 0.3) is 0 Å². The molecule has 2 aromatic rings. The molecular formula is C16H19NO2S. The predicted molar refractivity (Wildman–Crippen MR) is 82.7 cm³/mol. The molecule has 1 aromatic heterocycles. The molecule has 0 radical (unpaired) electrons. The Bertz CT molecular complexity index is 642. The fourth-order valence-electron chi connectivity index (χ4n) is 2.29. The van der Waals surface area contributed by atoms with Crippen LogP contribution in [0.5, 0.6) is 0 Å². The van der Waals surface area contributed by atoms with E-state index in [4.69, 9.17) is 5.11 Å². The van der Waals surface area contributed by atoms with Gasteiger partial charge in [0, 0.05) is 5.56 Å². The van der Waals surface area contributed by atoms with Crippen molar-refractivity contribution in [1.29, 1.82) is 0 Å². The topological polar surface area (TPSA) is 50.2 Å². The number of hydrogen-bond acceptors (Lipinski definition) is 3. The van der Waals surface area contributed by atoms with Crippen LogP contribution in [0.4, 0.5) is 0 Å². The second-order valence-corrected chi connectivity index (χ2v) is 6.92. The average Bonchev–Trinajstić information content (AvgIpc) is 2.76. The van der Waals surface area contributed by atoms with E-state index >= 15 is 0 Å². The number of hydrogen-bond donors (Lipinski definition) is 1. The highest BCUT2D eigenvalue weighted by molar-refractivity contribution is 7.08. The summed E-state index contributed by atoms with van der Waals surface area (Å²) in [6.07, 6.45) is 0. The Morgan fingerprint density at radius 1 is 1.15 bits per heavy atom. The van der Waals surface area contributed by atoms with Gasteiger partial charge in [0.15, 0.2) is 0 Å². The van der Waals surface area contributed by atoms with Gasteiger partial charge in [-0.1, -0.05) is 32.9 Å². The molecule has 0 aliphatic rings. The maximum atomic E-state index is 11.0. The molecule has 0 unspecified atom stereocenters. The summed E-state index contributed by atoms with van der Waals surface area (Å²) < 4.78 is 4.28. The fourth-order valence-corrected chi connectivity index (χ4v) is 2.88. The van der Waals surface area contributed by atoms with Gasteiger partial charge in [-0.3, -0.25) is 0 Å². The van der Waals surface area contributed by atoms with E-state index in [0.717, 1.165) is 33.9 Å². The van der Waals surface area contributed by atoms with Gasteiger partial charge >= 0.3 is 5.97 Å². The lowest BCUT2D eigenvalue weighted by atomic mass is 9.83. The third-order valence-electron chi connectivity index (χ3n) is 3.38. The van der Waals surface area contributed by atoms with E-state index in [1.54, 1.807) is 6.07 Å². The predicted octanol–water partition coefficient (Wildman–Crippen LogP) is 4.42. The summed E-state index contributed by atoms with van der Waals surface area (Å²) in [7, 11) is 0. The van der Waals surface area contributed by atoms with Crippen LogP contribution in [-0.2, 0) is 5.41 Å². The van der Waals surface area contributed by atoms with E-state index in [9.17, 15) is 4.79 Å². The maximum Gasteiger partial charge on any atom is 0.347 e. The van der Waals surface area contributed by atoms with Crippen molar-refractivity contribution in [3.8, 4) is 11.3 Å². The van der Waals surface area contributed by atoms with Crippen molar-refractivity contribution in [2.45, 2.75) is 40.0 Å². The molecule has 3 nitrogen and oxygen atoms in total. The van der Waals surface area contributed by atoms with Crippen LogP contribution in [0.15, 0.2) is 18.2 Å². The van der Waals surface area contributed by atoms with Crippen molar-refractivity contribution < 1.29 is 9.90 Å². The van der Waals surface area contributed by atoms with Gasteiger partial charge in [-0.2, -0.15) is 4.37 Å². The van der Waals surface area contributed by atoms with E-state index in [0.29, 0.717) is 0 Å². The third-order valence-corrected chi connectivity index (χ3v) is 4.15. The third kappa shape index (κ3) is 2.75. The molecule has 4 heteroatoms. The molecule has 0 spiro atoms. The highest BCUT2D eigenvalue weighted by atomic mass is 32.1. The van der Waals surface area contributed by atoms with Crippen LogP contribution < -0.4 is 0 Å². The van der Waals surface area contributed by atoms with Gasteiger partial charge in [-0.15, -0.1) is 0 Å². The number of carboxylic acids is 1. The Labute approximate surface area is 123 Å². The smallest absolute Gasteiger partial charge is 0.347 e. The molecule has 0 aliphatic carbocycles. The minimum Gasteiger partial charge on any atom is -0.477 e. The molecule has 0 amide bonds. The van der Waals surface area contributed by atoms with Crippen LogP contribution in [-0.4, -0.2) is 15.4 Å². The zero-order valence-electron chi connectivity index (χ0n) is 12.4. The lowest BCUT2D eigenvalue weighted by molar-refractivity contribution is 0.0702. The number of benzene rings is 1. The first kappa shape index (κ1) is 14.7. The van der Waals surface area contributed by atoms with Crippen LogP contribution >= 0.6 is 11.5 Å². The van der Waals surface area contributed by atoms with E-state index in [-0.39, 0.29) is 10.3 Å². The number of rotatable bonds is 2. The highest BCUT2D eigenvalue weighted by Crippen LogP contribution is 2.33. The second-order valence-electron chi connectivity index (χ2n) is 6.12.